The zero-order valence-electron chi connectivity index (χ0n) is 18.8. The Morgan fingerprint density at radius 2 is 1.64 bits per heavy atom. The van der Waals surface area contributed by atoms with E-state index < -0.39 is 0 Å². The van der Waals surface area contributed by atoms with Crippen molar-refractivity contribution in [2.45, 2.75) is 18.9 Å². The predicted octanol–water partition coefficient (Wildman–Crippen LogP) is 5.75. The highest BCUT2D eigenvalue weighted by Crippen LogP contribution is 2.35. The van der Waals surface area contributed by atoms with Crippen LogP contribution in [0.25, 0.3) is 0 Å². The largest absolute Gasteiger partial charge is 0.497 e. The summed E-state index contributed by atoms with van der Waals surface area (Å²) in [5.74, 6) is 2.48. The number of furan rings is 2. The lowest BCUT2D eigenvalue weighted by Gasteiger charge is -2.25. The molecule has 6 heteroatoms. The summed E-state index contributed by atoms with van der Waals surface area (Å²) in [7, 11) is 3.29. The zero-order chi connectivity index (χ0) is 23.0. The smallest absolute Gasteiger partial charge is 0.289 e. The number of nitrogens with zero attached hydrogens (tertiary/aromatic N) is 1. The van der Waals surface area contributed by atoms with E-state index in [9.17, 15) is 4.79 Å². The van der Waals surface area contributed by atoms with Gasteiger partial charge in [0, 0.05) is 24.6 Å². The summed E-state index contributed by atoms with van der Waals surface area (Å²) >= 11 is 0. The maximum Gasteiger partial charge on any atom is 0.289 e. The van der Waals surface area contributed by atoms with E-state index in [0.717, 1.165) is 28.4 Å². The van der Waals surface area contributed by atoms with Crippen molar-refractivity contribution in [2.24, 2.45) is 0 Å². The second-order valence-electron chi connectivity index (χ2n) is 7.65. The third-order valence-corrected chi connectivity index (χ3v) is 5.64. The number of benzene rings is 2. The molecule has 170 valence electrons. The molecule has 6 nitrogen and oxygen atoms in total. The highest BCUT2D eigenvalue weighted by atomic mass is 16.5. The van der Waals surface area contributed by atoms with Crippen molar-refractivity contribution in [1.29, 1.82) is 0 Å². The van der Waals surface area contributed by atoms with Crippen molar-refractivity contribution in [3.8, 4) is 11.5 Å². The van der Waals surface area contributed by atoms with E-state index in [-0.39, 0.29) is 11.8 Å². The van der Waals surface area contributed by atoms with Crippen LogP contribution in [0.5, 0.6) is 11.5 Å². The number of para-hydroxylation sites is 1. The fourth-order valence-corrected chi connectivity index (χ4v) is 3.94. The van der Waals surface area contributed by atoms with Crippen LogP contribution in [0.1, 0.15) is 39.8 Å². The van der Waals surface area contributed by atoms with Crippen LogP contribution in [-0.2, 0) is 6.54 Å². The molecule has 2 heterocycles. The van der Waals surface area contributed by atoms with Gasteiger partial charge in [-0.25, -0.2) is 0 Å². The highest BCUT2D eigenvalue weighted by molar-refractivity contribution is 5.91. The van der Waals surface area contributed by atoms with Crippen molar-refractivity contribution in [2.75, 3.05) is 20.8 Å². The van der Waals surface area contributed by atoms with Gasteiger partial charge in [0.2, 0.25) is 0 Å². The molecule has 0 aliphatic rings. The number of hydrogen-bond acceptors (Lipinski definition) is 5. The fourth-order valence-electron chi connectivity index (χ4n) is 3.94. The average molecular weight is 446 g/mol. The highest BCUT2D eigenvalue weighted by Gasteiger charge is 2.25. The fraction of sp³-hybridized carbons (Fsp3) is 0.222. The lowest BCUT2D eigenvalue weighted by Crippen LogP contribution is -2.32. The molecule has 1 amide bonds. The minimum absolute atomic E-state index is 0.0704. The standard InChI is InChI=1S/C27H27NO5/c1-30-21-13-11-20(12-14-21)19-28(27(29)26-10-6-18-33-26)16-15-23(25-9-5-17-32-25)22-7-3-4-8-24(22)31-2/h3-14,17-18,23H,15-16,19H2,1-2H3/t23-/m0/s1. The first-order chi connectivity index (χ1) is 16.2. The van der Waals surface area contributed by atoms with Crippen molar-refractivity contribution in [3.63, 3.8) is 0 Å². The SMILES string of the molecule is COc1ccc(CN(CC[C@H](c2ccco2)c2ccccc2OC)C(=O)c2ccco2)cc1. The average Bonchev–Trinajstić information content (AvgIpc) is 3.59. The van der Waals surface area contributed by atoms with Gasteiger partial charge >= 0.3 is 0 Å². The first-order valence-electron chi connectivity index (χ1n) is 10.8. The number of carbonyl (C=O) groups is 1. The van der Waals surface area contributed by atoms with Gasteiger partial charge in [0.15, 0.2) is 5.76 Å². The minimum Gasteiger partial charge on any atom is -0.497 e. The summed E-state index contributed by atoms with van der Waals surface area (Å²) in [5.41, 5.74) is 2.02. The molecular formula is C27H27NO5. The molecular weight excluding hydrogens is 418 g/mol. The zero-order valence-corrected chi connectivity index (χ0v) is 18.8. The Kier molecular flexibility index (Phi) is 7.15. The van der Waals surface area contributed by atoms with Gasteiger partial charge in [-0.3, -0.25) is 4.79 Å². The van der Waals surface area contributed by atoms with Gasteiger partial charge in [-0.1, -0.05) is 30.3 Å². The van der Waals surface area contributed by atoms with Gasteiger partial charge in [-0.2, -0.15) is 0 Å². The van der Waals surface area contributed by atoms with E-state index in [1.54, 1.807) is 37.5 Å². The van der Waals surface area contributed by atoms with Crippen LogP contribution in [-0.4, -0.2) is 31.6 Å². The number of methoxy groups -OCH3 is 2. The molecule has 2 aromatic carbocycles. The lowest BCUT2D eigenvalue weighted by atomic mass is 9.92. The second-order valence-corrected chi connectivity index (χ2v) is 7.65. The van der Waals surface area contributed by atoms with Gasteiger partial charge < -0.3 is 23.2 Å². The van der Waals surface area contributed by atoms with Crippen LogP contribution in [0.4, 0.5) is 0 Å². The van der Waals surface area contributed by atoms with E-state index >= 15 is 0 Å². The van der Waals surface area contributed by atoms with Crippen LogP contribution >= 0.6 is 0 Å². The molecule has 2 aromatic heterocycles. The molecule has 0 fully saturated rings. The Balaban J connectivity index is 1.60. The minimum atomic E-state index is -0.158. The van der Waals surface area contributed by atoms with Gasteiger partial charge in [0.05, 0.1) is 26.7 Å². The Hall–Kier alpha value is -3.93. The summed E-state index contributed by atoms with van der Waals surface area (Å²) < 4.78 is 22.0. The van der Waals surface area contributed by atoms with Crippen LogP contribution in [0.2, 0.25) is 0 Å². The second kappa shape index (κ2) is 10.6. The van der Waals surface area contributed by atoms with Crippen molar-refractivity contribution >= 4 is 5.91 Å². The molecule has 0 saturated heterocycles. The molecule has 1 atom stereocenters. The predicted molar refractivity (Wildman–Crippen MR) is 125 cm³/mol. The quantitative estimate of drug-likeness (QED) is 0.311. The molecule has 33 heavy (non-hydrogen) atoms. The molecule has 0 unspecified atom stereocenters. The van der Waals surface area contributed by atoms with Crippen molar-refractivity contribution in [3.05, 3.63) is 108 Å². The first kappa shape index (κ1) is 22.3. The van der Waals surface area contributed by atoms with Gasteiger partial charge in [0.1, 0.15) is 17.3 Å². The first-order valence-corrected chi connectivity index (χ1v) is 10.8. The monoisotopic (exact) mass is 445 g/mol. The number of ether oxygens (including phenoxy) is 2. The summed E-state index contributed by atoms with van der Waals surface area (Å²) in [6.45, 7) is 0.940. The van der Waals surface area contributed by atoms with Crippen molar-refractivity contribution < 1.29 is 23.1 Å². The van der Waals surface area contributed by atoms with Crippen LogP contribution in [0.3, 0.4) is 0 Å². The van der Waals surface area contributed by atoms with Gasteiger partial charge in [-0.15, -0.1) is 0 Å². The summed E-state index contributed by atoms with van der Waals surface area (Å²) in [6.07, 6.45) is 3.83. The van der Waals surface area contributed by atoms with E-state index in [0.29, 0.717) is 25.3 Å². The van der Waals surface area contributed by atoms with E-state index in [2.05, 4.69) is 0 Å². The van der Waals surface area contributed by atoms with Crippen molar-refractivity contribution in [1.82, 2.24) is 4.90 Å². The Morgan fingerprint density at radius 3 is 2.30 bits per heavy atom. The van der Waals surface area contributed by atoms with Crippen LogP contribution in [0.15, 0.2) is 94.2 Å². The van der Waals surface area contributed by atoms with E-state index in [1.807, 2.05) is 60.7 Å². The molecule has 0 aliphatic heterocycles. The maximum atomic E-state index is 13.3. The van der Waals surface area contributed by atoms with Gasteiger partial charge in [-0.05, 0) is 54.4 Å². The molecule has 0 N–H and O–H groups in total. The molecule has 4 aromatic rings. The molecule has 0 spiro atoms. The van der Waals surface area contributed by atoms with E-state index in [1.165, 1.54) is 6.26 Å². The Labute approximate surface area is 193 Å². The maximum absolute atomic E-state index is 13.3. The normalized spacial score (nSPS) is 11.7. The molecule has 0 saturated carbocycles. The van der Waals surface area contributed by atoms with Crippen LogP contribution in [0, 0.1) is 0 Å². The third kappa shape index (κ3) is 5.29. The summed E-state index contributed by atoms with van der Waals surface area (Å²) in [4.78, 5) is 15.0. The lowest BCUT2D eigenvalue weighted by molar-refractivity contribution is 0.0706. The molecule has 0 bridgehead atoms. The molecule has 4 rings (SSSR count). The third-order valence-electron chi connectivity index (χ3n) is 5.64. The molecule has 0 aliphatic carbocycles. The summed E-state index contributed by atoms with van der Waals surface area (Å²) in [6, 6.07) is 22.9. The van der Waals surface area contributed by atoms with Crippen LogP contribution < -0.4 is 9.47 Å². The molecule has 0 radical (unpaired) electrons. The topological polar surface area (TPSA) is 65.1 Å². The van der Waals surface area contributed by atoms with E-state index in [4.69, 9.17) is 18.3 Å². The number of carbonyl (C=O) groups excluding carboxylic acids is 1. The van der Waals surface area contributed by atoms with Gasteiger partial charge in [0.25, 0.3) is 5.91 Å². The Bertz CT molecular complexity index is 1130. The number of amides is 1. The number of hydrogen-bond donors (Lipinski definition) is 0. The Morgan fingerprint density at radius 1 is 0.879 bits per heavy atom. The number of rotatable bonds is 10. The summed E-state index contributed by atoms with van der Waals surface area (Å²) in [5, 5.41) is 0.